The fourth-order valence-electron chi connectivity index (χ4n) is 2.45. The number of allylic oxidation sites excluding steroid dienone is 6. The first kappa shape index (κ1) is 27.8. The maximum Gasteiger partial charge on any atom is 0.393 e. The molecule has 0 heterocycles. The molecule has 0 rings (SSSR count). The van der Waals surface area contributed by atoms with Crippen molar-refractivity contribution in [1.29, 1.82) is 0 Å². The van der Waals surface area contributed by atoms with Crippen molar-refractivity contribution < 1.29 is 23.8 Å². The standard InChI is InChI=1S/C21H38BrO5P/c1-2-3-4-5-6-7-8-9-10-11-12-13-14-15-16-17-18-26-19-21(23)20-27-28(22,24)25/h3-4,6-7,9-10,21,23H,2,5,8,11-20H2,1H3,(H,24,25)/b4-3-,7-6-,10-9-. The molecule has 0 aromatic rings. The number of hydrogen-bond donors (Lipinski definition) is 2. The molecule has 0 spiro atoms. The minimum atomic E-state index is -3.71. The van der Waals surface area contributed by atoms with Crippen LogP contribution >= 0.6 is 21.8 Å². The first-order chi connectivity index (χ1) is 13.5. The highest BCUT2D eigenvalue weighted by Crippen LogP contribution is 2.50. The molecule has 5 nitrogen and oxygen atoms in total. The van der Waals surface area contributed by atoms with Crippen molar-refractivity contribution in [3.8, 4) is 0 Å². The van der Waals surface area contributed by atoms with E-state index in [1.807, 2.05) is 0 Å². The van der Waals surface area contributed by atoms with Crippen LogP contribution in [-0.2, 0) is 13.8 Å². The summed E-state index contributed by atoms with van der Waals surface area (Å²) in [4.78, 5) is 8.88. The van der Waals surface area contributed by atoms with Gasteiger partial charge in [-0.3, -0.25) is 4.52 Å². The molecule has 0 aliphatic rings. The summed E-state index contributed by atoms with van der Waals surface area (Å²) >= 11 is 2.49. The first-order valence-electron chi connectivity index (χ1n) is 10.3. The van der Waals surface area contributed by atoms with Gasteiger partial charge in [0.2, 0.25) is 0 Å². The van der Waals surface area contributed by atoms with Gasteiger partial charge in [-0.2, -0.15) is 0 Å². The molecule has 0 fully saturated rings. The van der Waals surface area contributed by atoms with Gasteiger partial charge in [0.15, 0.2) is 0 Å². The molecule has 28 heavy (non-hydrogen) atoms. The first-order valence-corrected chi connectivity index (χ1v) is 13.9. The maximum absolute atomic E-state index is 10.9. The van der Waals surface area contributed by atoms with Crippen molar-refractivity contribution in [2.24, 2.45) is 0 Å². The Bertz CT molecular complexity index is 473. The SMILES string of the molecule is CC/C=C\C/C=C\C/C=C\CCCCCCCCOCC(O)COP(=O)(O)Br. The number of aliphatic hydroxyl groups is 1. The largest absolute Gasteiger partial charge is 0.393 e. The molecule has 0 bridgehead atoms. The summed E-state index contributed by atoms with van der Waals surface area (Å²) in [6, 6.07) is 0. The second-order valence-electron chi connectivity index (χ2n) is 6.68. The van der Waals surface area contributed by atoms with Gasteiger partial charge in [0, 0.05) is 22.1 Å². The van der Waals surface area contributed by atoms with E-state index in [2.05, 4.69) is 63.4 Å². The van der Waals surface area contributed by atoms with Gasteiger partial charge < -0.3 is 14.7 Å². The lowest BCUT2D eigenvalue weighted by molar-refractivity contribution is 0.0101. The Balaban J connectivity index is 3.30. The second kappa shape index (κ2) is 20.1. The minimum absolute atomic E-state index is 0.115. The van der Waals surface area contributed by atoms with Crippen molar-refractivity contribution in [3.05, 3.63) is 36.5 Å². The monoisotopic (exact) mass is 480 g/mol. The predicted molar refractivity (Wildman–Crippen MR) is 121 cm³/mol. The molecule has 2 N–H and O–H groups in total. The van der Waals surface area contributed by atoms with Crippen molar-refractivity contribution in [2.75, 3.05) is 19.8 Å². The summed E-state index contributed by atoms with van der Waals surface area (Å²) in [7, 11) is 0. The zero-order valence-electron chi connectivity index (χ0n) is 17.2. The Morgan fingerprint density at radius 1 is 0.893 bits per heavy atom. The second-order valence-corrected chi connectivity index (χ2v) is 10.5. The Morgan fingerprint density at radius 3 is 2.11 bits per heavy atom. The molecule has 2 unspecified atom stereocenters. The normalized spacial score (nSPS) is 15.7. The summed E-state index contributed by atoms with van der Waals surface area (Å²) in [5.74, 6) is 0. The van der Waals surface area contributed by atoms with E-state index in [1.165, 1.54) is 25.7 Å². The molecule has 164 valence electrons. The number of rotatable bonds is 19. The van der Waals surface area contributed by atoms with Crippen molar-refractivity contribution in [2.45, 2.75) is 77.2 Å². The number of hydrogen-bond acceptors (Lipinski definition) is 4. The van der Waals surface area contributed by atoms with Gasteiger partial charge in [0.1, 0.15) is 6.10 Å². The molecular weight excluding hydrogens is 443 g/mol. The van der Waals surface area contributed by atoms with E-state index < -0.39 is 12.4 Å². The maximum atomic E-state index is 10.9. The van der Waals surface area contributed by atoms with Crippen LogP contribution in [0.3, 0.4) is 0 Å². The van der Waals surface area contributed by atoms with E-state index >= 15 is 0 Å². The van der Waals surface area contributed by atoms with Crippen LogP contribution in [0.2, 0.25) is 0 Å². The summed E-state index contributed by atoms with van der Waals surface area (Å²) in [5.41, 5.74) is 0. The van der Waals surface area contributed by atoms with Gasteiger partial charge >= 0.3 is 6.30 Å². The van der Waals surface area contributed by atoms with Crippen molar-refractivity contribution >= 4 is 21.8 Å². The molecule has 7 heteroatoms. The molecular formula is C21H38BrO5P. The molecule has 0 aliphatic heterocycles. The summed E-state index contributed by atoms with van der Waals surface area (Å²) < 4.78 is 20.8. The van der Waals surface area contributed by atoms with Crippen molar-refractivity contribution in [1.82, 2.24) is 0 Å². The lowest BCUT2D eigenvalue weighted by Crippen LogP contribution is -2.21. The highest BCUT2D eigenvalue weighted by Gasteiger charge is 2.16. The third-order valence-corrected chi connectivity index (χ3v) is 5.01. The lowest BCUT2D eigenvalue weighted by atomic mass is 10.1. The van der Waals surface area contributed by atoms with Crippen LogP contribution in [0.1, 0.15) is 71.1 Å². The van der Waals surface area contributed by atoms with E-state index in [1.54, 1.807) is 0 Å². The smallest absolute Gasteiger partial charge is 0.388 e. The van der Waals surface area contributed by atoms with Crippen LogP contribution in [0.15, 0.2) is 36.5 Å². The van der Waals surface area contributed by atoms with Crippen molar-refractivity contribution in [3.63, 3.8) is 0 Å². The van der Waals surface area contributed by atoms with Crippen LogP contribution in [-0.4, -0.2) is 35.9 Å². The quantitative estimate of drug-likeness (QED) is 0.126. The van der Waals surface area contributed by atoms with Crippen LogP contribution in [0, 0.1) is 0 Å². The molecule has 0 aromatic carbocycles. The summed E-state index contributed by atoms with van der Waals surface area (Å²) in [5, 5.41) is 9.53. The van der Waals surface area contributed by atoms with E-state index in [9.17, 15) is 9.67 Å². The van der Waals surface area contributed by atoms with Gasteiger partial charge in [-0.25, -0.2) is 4.57 Å². The third kappa shape index (κ3) is 23.8. The van der Waals surface area contributed by atoms with Crippen LogP contribution < -0.4 is 0 Å². The fourth-order valence-corrected chi connectivity index (χ4v) is 3.16. The van der Waals surface area contributed by atoms with Crippen LogP contribution in [0.5, 0.6) is 0 Å². The van der Waals surface area contributed by atoms with Gasteiger partial charge in [-0.15, -0.1) is 0 Å². The third-order valence-electron chi connectivity index (χ3n) is 3.93. The Morgan fingerprint density at radius 2 is 1.46 bits per heavy atom. The molecule has 2 atom stereocenters. The van der Waals surface area contributed by atoms with Gasteiger partial charge in [0.05, 0.1) is 13.2 Å². The van der Waals surface area contributed by atoms with E-state index in [0.717, 1.165) is 38.5 Å². The highest BCUT2D eigenvalue weighted by molar-refractivity contribution is 9.39. The van der Waals surface area contributed by atoms with Gasteiger partial charge in [0.25, 0.3) is 0 Å². The average Bonchev–Trinajstić information content (AvgIpc) is 2.65. The zero-order chi connectivity index (χ0) is 20.9. The highest BCUT2D eigenvalue weighted by atomic mass is 79.9. The lowest BCUT2D eigenvalue weighted by Gasteiger charge is -2.12. The molecule has 0 aromatic heterocycles. The van der Waals surface area contributed by atoms with Gasteiger partial charge in [-0.1, -0.05) is 69.1 Å². The van der Waals surface area contributed by atoms with Crippen LogP contribution in [0.25, 0.3) is 0 Å². The molecule has 0 radical (unpaired) electrons. The fraction of sp³-hybridized carbons (Fsp3) is 0.714. The number of halogens is 1. The Labute approximate surface area is 179 Å². The summed E-state index contributed by atoms with van der Waals surface area (Å²) in [6.07, 6.45) is 20.1. The number of unbranched alkanes of at least 4 members (excludes halogenated alkanes) is 6. The average molecular weight is 481 g/mol. The predicted octanol–water partition coefficient (Wildman–Crippen LogP) is 6.47. The summed E-state index contributed by atoms with van der Waals surface area (Å²) in [6.45, 7) is 2.63. The molecule has 0 saturated carbocycles. The minimum Gasteiger partial charge on any atom is -0.388 e. The van der Waals surface area contributed by atoms with E-state index in [-0.39, 0.29) is 13.2 Å². The topological polar surface area (TPSA) is 76.0 Å². The van der Waals surface area contributed by atoms with Crippen LogP contribution in [0.4, 0.5) is 0 Å². The Kier molecular flexibility index (Phi) is 19.9. The zero-order valence-corrected chi connectivity index (χ0v) is 19.7. The number of aliphatic hydroxyl groups excluding tert-OH is 1. The molecule has 0 amide bonds. The molecule has 0 aliphatic carbocycles. The van der Waals surface area contributed by atoms with E-state index in [0.29, 0.717) is 6.61 Å². The Hall–Kier alpha value is -0.230. The van der Waals surface area contributed by atoms with Gasteiger partial charge in [-0.05, 0) is 38.5 Å². The van der Waals surface area contributed by atoms with E-state index in [4.69, 9.17) is 9.63 Å². The number of ether oxygens (including phenoxy) is 1. The molecule has 0 saturated heterocycles.